The van der Waals surface area contributed by atoms with E-state index >= 15 is 0 Å². The molecule has 9 heteroatoms. The SMILES string of the molecule is CC1CC(C)CN(S(=O)(=O)NCCNc2ccc([N+](=O)[O-])cc2)C1. The van der Waals surface area contributed by atoms with Crippen LogP contribution in [0.4, 0.5) is 11.4 Å². The molecule has 1 heterocycles. The van der Waals surface area contributed by atoms with Crippen molar-refractivity contribution in [2.75, 3.05) is 31.5 Å². The fourth-order valence-corrected chi connectivity index (χ4v) is 4.43. The zero-order valence-electron chi connectivity index (χ0n) is 13.9. The van der Waals surface area contributed by atoms with Crippen molar-refractivity contribution in [1.29, 1.82) is 0 Å². The molecule has 0 bridgehead atoms. The van der Waals surface area contributed by atoms with Crippen molar-refractivity contribution < 1.29 is 13.3 Å². The first-order valence-corrected chi connectivity index (χ1v) is 9.45. The molecule has 24 heavy (non-hydrogen) atoms. The minimum atomic E-state index is -3.47. The summed E-state index contributed by atoms with van der Waals surface area (Å²) in [7, 11) is -3.47. The molecule has 0 amide bonds. The van der Waals surface area contributed by atoms with Crippen molar-refractivity contribution in [3.8, 4) is 0 Å². The summed E-state index contributed by atoms with van der Waals surface area (Å²) in [4.78, 5) is 10.1. The standard InChI is InChI=1S/C15H24N4O4S/c1-12-9-13(2)11-18(10-12)24(22,23)17-8-7-16-14-3-5-15(6-4-14)19(20)21/h3-6,12-13,16-17H,7-11H2,1-2H3. The van der Waals surface area contributed by atoms with Gasteiger partial charge in [0, 0.05) is 44.0 Å². The van der Waals surface area contributed by atoms with Gasteiger partial charge in [0.1, 0.15) is 0 Å². The Hall–Kier alpha value is -1.71. The van der Waals surface area contributed by atoms with Crippen LogP contribution >= 0.6 is 0 Å². The molecule has 1 aliphatic rings. The van der Waals surface area contributed by atoms with Crippen LogP contribution in [0.1, 0.15) is 20.3 Å². The smallest absolute Gasteiger partial charge is 0.279 e. The zero-order valence-corrected chi connectivity index (χ0v) is 14.8. The van der Waals surface area contributed by atoms with Gasteiger partial charge in [0.15, 0.2) is 0 Å². The number of nitrogens with one attached hydrogen (secondary N) is 2. The lowest BCUT2D eigenvalue weighted by Gasteiger charge is -2.33. The lowest BCUT2D eigenvalue weighted by atomic mass is 9.94. The van der Waals surface area contributed by atoms with E-state index in [9.17, 15) is 18.5 Å². The first-order chi connectivity index (χ1) is 11.3. The third-order valence-electron chi connectivity index (χ3n) is 3.99. The average molecular weight is 356 g/mol. The number of benzene rings is 1. The maximum absolute atomic E-state index is 12.3. The summed E-state index contributed by atoms with van der Waals surface area (Å²) >= 11 is 0. The summed E-state index contributed by atoms with van der Waals surface area (Å²) in [6.45, 7) is 5.88. The van der Waals surface area contributed by atoms with E-state index in [-0.39, 0.29) is 12.2 Å². The predicted molar refractivity (Wildman–Crippen MR) is 93.0 cm³/mol. The van der Waals surface area contributed by atoms with Gasteiger partial charge in [-0.25, -0.2) is 4.72 Å². The van der Waals surface area contributed by atoms with E-state index in [1.54, 1.807) is 12.1 Å². The lowest BCUT2D eigenvalue weighted by Crippen LogP contribution is -2.48. The molecule has 0 aliphatic carbocycles. The van der Waals surface area contributed by atoms with E-state index in [1.165, 1.54) is 16.4 Å². The second kappa shape index (κ2) is 7.91. The Balaban J connectivity index is 1.79. The van der Waals surface area contributed by atoms with E-state index in [2.05, 4.69) is 23.9 Å². The number of anilines is 1. The molecule has 2 N–H and O–H groups in total. The maximum Gasteiger partial charge on any atom is 0.279 e. The van der Waals surface area contributed by atoms with E-state index < -0.39 is 15.1 Å². The molecule has 0 saturated carbocycles. The Kier molecular flexibility index (Phi) is 6.14. The molecule has 1 fully saturated rings. The molecule has 0 spiro atoms. The second-order valence-corrected chi connectivity index (χ2v) is 8.15. The summed E-state index contributed by atoms with van der Waals surface area (Å²) < 4.78 is 28.7. The summed E-state index contributed by atoms with van der Waals surface area (Å²) in [6.07, 6.45) is 1.05. The summed E-state index contributed by atoms with van der Waals surface area (Å²) in [5.41, 5.74) is 0.731. The molecular weight excluding hydrogens is 332 g/mol. The van der Waals surface area contributed by atoms with Crippen molar-refractivity contribution in [2.45, 2.75) is 20.3 Å². The van der Waals surface area contributed by atoms with Crippen molar-refractivity contribution in [1.82, 2.24) is 9.03 Å². The molecule has 134 valence electrons. The van der Waals surface area contributed by atoms with Crippen LogP contribution in [0, 0.1) is 22.0 Å². The van der Waals surface area contributed by atoms with Crippen LogP contribution in [0.5, 0.6) is 0 Å². The predicted octanol–water partition coefficient (Wildman–Crippen LogP) is 1.82. The molecule has 8 nitrogen and oxygen atoms in total. The van der Waals surface area contributed by atoms with E-state index in [0.717, 1.165) is 6.42 Å². The van der Waals surface area contributed by atoms with Crippen molar-refractivity contribution in [2.24, 2.45) is 11.8 Å². The van der Waals surface area contributed by atoms with Crippen LogP contribution < -0.4 is 10.0 Å². The Morgan fingerprint density at radius 1 is 1.17 bits per heavy atom. The number of hydrogen-bond acceptors (Lipinski definition) is 5. The fraction of sp³-hybridized carbons (Fsp3) is 0.600. The first kappa shape index (κ1) is 18.6. The van der Waals surface area contributed by atoms with Crippen LogP contribution in [0.2, 0.25) is 0 Å². The van der Waals surface area contributed by atoms with E-state index in [4.69, 9.17) is 0 Å². The molecule has 1 aliphatic heterocycles. The monoisotopic (exact) mass is 356 g/mol. The van der Waals surface area contributed by atoms with Crippen LogP contribution in [-0.4, -0.2) is 43.8 Å². The number of non-ortho nitro benzene ring substituents is 1. The highest BCUT2D eigenvalue weighted by Gasteiger charge is 2.29. The van der Waals surface area contributed by atoms with Gasteiger partial charge in [-0.15, -0.1) is 0 Å². The molecule has 1 aromatic rings. The number of nitro benzene ring substituents is 1. The minimum absolute atomic E-state index is 0.0228. The summed E-state index contributed by atoms with van der Waals surface area (Å²) in [6, 6.07) is 6.01. The van der Waals surface area contributed by atoms with E-state index in [1.807, 2.05) is 0 Å². The lowest BCUT2D eigenvalue weighted by molar-refractivity contribution is -0.384. The zero-order chi connectivity index (χ0) is 17.7. The highest BCUT2D eigenvalue weighted by Crippen LogP contribution is 2.22. The van der Waals surface area contributed by atoms with Crippen LogP contribution in [0.3, 0.4) is 0 Å². The summed E-state index contributed by atoms with van der Waals surface area (Å²) in [5, 5.41) is 13.6. The Labute approximate surface area is 142 Å². The van der Waals surface area contributed by atoms with Crippen LogP contribution in [-0.2, 0) is 10.2 Å². The molecule has 1 saturated heterocycles. The fourth-order valence-electron chi connectivity index (χ4n) is 2.98. The van der Waals surface area contributed by atoms with Gasteiger partial charge < -0.3 is 5.32 Å². The number of nitro groups is 1. The summed E-state index contributed by atoms with van der Waals surface area (Å²) in [5.74, 6) is 0.729. The van der Waals surface area contributed by atoms with Gasteiger partial charge in [0.05, 0.1) is 4.92 Å². The van der Waals surface area contributed by atoms with Crippen molar-refractivity contribution in [3.63, 3.8) is 0 Å². The molecule has 0 aromatic heterocycles. The number of nitrogens with zero attached hydrogens (tertiary/aromatic N) is 2. The van der Waals surface area contributed by atoms with Crippen LogP contribution in [0.25, 0.3) is 0 Å². The van der Waals surface area contributed by atoms with E-state index in [0.29, 0.717) is 37.2 Å². The number of hydrogen-bond donors (Lipinski definition) is 2. The van der Waals surface area contributed by atoms with Gasteiger partial charge in [-0.05, 0) is 30.4 Å². The highest BCUT2D eigenvalue weighted by molar-refractivity contribution is 7.87. The third kappa shape index (κ3) is 5.15. The number of piperidine rings is 1. The molecule has 1 aromatic carbocycles. The average Bonchev–Trinajstić information content (AvgIpc) is 2.51. The molecule has 2 unspecified atom stereocenters. The Morgan fingerprint density at radius 3 is 2.29 bits per heavy atom. The van der Waals surface area contributed by atoms with Crippen LogP contribution in [0.15, 0.2) is 24.3 Å². The van der Waals surface area contributed by atoms with Gasteiger partial charge in [-0.2, -0.15) is 12.7 Å². The topological polar surface area (TPSA) is 105 Å². The highest BCUT2D eigenvalue weighted by atomic mass is 32.2. The van der Waals surface area contributed by atoms with Crippen molar-refractivity contribution >= 4 is 21.6 Å². The molecular formula is C15H24N4O4S. The molecule has 0 radical (unpaired) electrons. The first-order valence-electron chi connectivity index (χ1n) is 8.01. The van der Waals surface area contributed by atoms with Gasteiger partial charge in [-0.3, -0.25) is 10.1 Å². The third-order valence-corrected chi connectivity index (χ3v) is 5.54. The quantitative estimate of drug-likeness (QED) is 0.440. The minimum Gasteiger partial charge on any atom is -0.384 e. The molecule has 2 atom stereocenters. The van der Waals surface area contributed by atoms with Crippen molar-refractivity contribution in [3.05, 3.63) is 34.4 Å². The van der Waals surface area contributed by atoms with Gasteiger partial charge in [0.25, 0.3) is 15.9 Å². The Morgan fingerprint density at radius 2 is 1.75 bits per heavy atom. The Bertz CT molecular complexity index is 653. The normalized spacial score (nSPS) is 22.2. The molecule has 2 rings (SSSR count). The number of rotatable bonds is 7. The van der Waals surface area contributed by atoms with Gasteiger partial charge in [0.2, 0.25) is 0 Å². The maximum atomic E-state index is 12.3. The van der Waals surface area contributed by atoms with Gasteiger partial charge in [-0.1, -0.05) is 13.8 Å². The largest absolute Gasteiger partial charge is 0.384 e. The second-order valence-electron chi connectivity index (χ2n) is 6.39. The van der Waals surface area contributed by atoms with Gasteiger partial charge >= 0.3 is 0 Å².